The van der Waals surface area contributed by atoms with Gasteiger partial charge in [-0.3, -0.25) is 14.7 Å². The number of aromatic amines is 1. The number of benzene rings is 1. The number of nitrogens with zero attached hydrogens (tertiary/aromatic N) is 2. The minimum Gasteiger partial charge on any atom is -0.507 e. The number of aldehydes is 1. The topological polar surface area (TPSA) is 143 Å². The van der Waals surface area contributed by atoms with Crippen molar-refractivity contribution < 1.29 is 33.7 Å². The smallest absolute Gasteiger partial charge is 0.409 e. The minimum atomic E-state index is -0.491. The summed E-state index contributed by atoms with van der Waals surface area (Å²) in [5.41, 5.74) is 0.769. The summed E-state index contributed by atoms with van der Waals surface area (Å²) in [6.45, 7) is 2.25. The normalized spacial score (nSPS) is 17.1. The molecule has 3 rings (SSSR count). The molecule has 0 radical (unpaired) electrons. The predicted molar refractivity (Wildman–Crippen MR) is 123 cm³/mol. The molecule has 2 atom stereocenters. The van der Waals surface area contributed by atoms with Crippen molar-refractivity contribution in [3.63, 3.8) is 0 Å². The number of hydrogen-bond acceptors (Lipinski definition) is 8. The van der Waals surface area contributed by atoms with E-state index in [1.54, 1.807) is 18.0 Å². The maximum atomic E-state index is 12.3. The number of aromatic nitrogens is 2. The highest BCUT2D eigenvalue weighted by Crippen LogP contribution is 2.36. The summed E-state index contributed by atoms with van der Waals surface area (Å²) in [5.74, 6) is -0.0167. The lowest BCUT2D eigenvalue weighted by Crippen LogP contribution is -2.31. The molecule has 1 aromatic heterocycles. The molecule has 3 N–H and O–H groups in total. The van der Waals surface area contributed by atoms with E-state index in [1.807, 2.05) is 6.92 Å². The lowest BCUT2D eigenvalue weighted by Gasteiger charge is -2.19. The van der Waals surface area contributed by atoms with E-state index in [1.165, 1.54) is 19.2 Å². The molecule has 0 aliphatic heterocycles. The number of nitrogens with one attached hydrogen (secondary N) is 2. The van der Waals surface area contributed by atoms with Gasteiger partial charge in [0.25, 0.3) is 5.91 Å². The van der Waals surface area contributed by atoms with Crippen molar-refractivity contribution in [2.45, 2.75) is 44.6 Å². The molecule has 184 valence electrons. The fraction of sp³-hybridized carbons (Fsp3) is 0.478. The summed E-state index contributed by atoms with van der Waals surface area (Å²) in [5, 5.41) is 19.6. The number of methoxy groups -OCH3 is 1. The van der Waals surface area contributed by atoms with Crippen LogP contribution in [0.15, 0.2) is 18.2 Å². The van der Waals surface area contributed by atoms with E-state index >= 15 is 0 Å². The Bertz CT molecular complexity index is 1020. The predicted octanol–water partition coefficient (Wildman–Crippen LogP) is 3.07. The van der Waals surface area contributed by atoms with Gasteiger partial charge in [0.05, 0.1) is 12.7 Å². The molecular formula is C23H30N4O7. The summed E-state index contributed by atoms with van der Waals surface area (Å²) >= 11 is 0. The van der Waals surface area contributed by atoms with E-state index in [4.69, 9.17) is 14.2 Å². The van der Waals surface area contributed by atoms with Crippen LogP contribution in [0.4, 0.5) is 10.6 Å². The SMILES string of the molecule is CCCN(C)C(=O)O[C@@H]1CC[C@H](c2cc(NC(=O)COc3cc(OC)cc(O)c3C=O)n[nH]2)C1. The van der Waals surface area contributed by atoms with Gasteiger partial charge in [-0.2, -0.15) is 5.10 Å². The summed E-state index contributed by atoms with van der Waals surface area (Å²) < 4.78 is 16.0. The van der Waals surface area contributed by atoms with Crippen LogP contribution in [0.25, 0.3) is 0 Å². The second kappa shape index (κ2) is 11.4. The molecule has 0 bridgehead atoms. The molecule has 2 aromatic rings. The number of amides is 2. The van der Waals surface area contributed by atoms with Crippen molar-refractivity contribution in [1.82, 2.24) is 15.1 Å². The second-order valence-corrected chi connectivity index (χ2v) is 8.16. The number of H-pyrrole nitrogens is 1. The molecule has 1 fully saturated rings. The molecule has 0 saturated heterocycles. The van der Waals surface area contributed by atoms with Gasteiger partial charge in [0, 0.05) is 43.4 Å². The lowest BCUT2D eigenvalue weighted by atomic mass is 10.0. The fourth-order valence-electron chi connectivity index (χ4n) is 3.86. The molecule has 34 heavy (non-hydrogen) atoms. The Morgan fingerprint density at radius 2 is 2.12 bits per heavy atom. The molecule has 2 amide bonds. The van der Waals surface area contributed by atoms with Crippen molar-refractivity contribution >= 4 is 24.1 Å². The molecule has 11 nitrogen and oxygen atoms in total. The third-order valence-electron chi connectivity index (χ3n) is 5.63. The van der Waals surface area contributed by atoms with Crippen LogP contribution in [-0.2, 0) is 9.53 Å². The van der Waals surface area contributed by atoms with E-state index in [9.17, 15) is 19.5 Å². The third-order valence-corrected chi connectivity index (χ3v) is 5.63. The first-order chi connectivity index (χ1) is 16.3. The highest BCUT2D eigenvalue weighted by atomic mass is 16.6. The molecule has 11 heteroatoms. The Kier molecular flexibility index (Phi) is 8.34. The summed E-state index contributed by atoms with van der Waals surface area (Å²) in [6, 6.07) is 4.43. The monoisotopic (exact) mass is 474 g/mol. The number of phenolic OH excluding ortho intramolecular Hbond substituents is 1. The van der Waals surface area contributed by atoms with Crippen molar-refractivity contribution in [2.75, 3.05) is 32.6 Å². The average molecular weight is 475 g/mol. The van der Waals surface area contributed by atoms with Gasteiger partial charge < -0.3 is 29.5 Å². The first kappa shape index (κ1) is 24.9. The van der Waals surface area contributed by atoms with Crippen molar-refractivity contribution in [2.24, 2.45) is 0 Å². The zero-order valence-corrected chi connectivity index (χ0v) is 19.5. The molecule has 1 aliphatic carbocycles. The van der Waals surface area contributed by atoms with E-state index in [-0.39, 0.29) is 40.9 Å². The minimum absolute atomic E-state index is 0.0286. The van der Waals surface area contributed by atoms with Crippen molar-refractivity contribution in [1.29, 1.82) is 0 Å². The molecule has 1 heterocycles. The van der Waals surface area contributed by atoms with Crippen LogP contribution in [0.3, 0.4) is 0 Å². The zero-order chi connectivity index (χ0) is 24.7. The standard InChI is InChI=1S/C23H30N4O7/c1-4-7-27(2)23(31)34-15-6-5-14(8-15)18-11-21(26-25-18)24-22(30)13-33-20-10-16(32-3)9-19(29)17(20)12-28/h9-12,14-15,29H,4-8,13H2,1-3H3,(H2,24,25,26,30)/t14-,15+/m0/s1. The Hall–Kier alpha value is -3.76. The number of rotatable bonds is 10. The Balaban J connectivity index is 1.52. The number of carbonyl (C=O) groups excluding carboxylic acids is 3. The molecular weight excluding hydrogens is 444 g/mol. The third kappa shape index (κ3) is 6.18. The summed E-state index contributed by atoms with van der Waals surface area (Å²) in [7, 11) is 3.13. The quantitative estimate of drug-likeness (QED) is 0.446. The van der Waals surface area contributed by atoms with Gasteiger partial charge in [-0.1, -0.05) is 6.92 Å². The van der Waals surface area contributed by atoms with Gasteiger partial charge in [0.15, 0.2) is 18.7 Å². The van der Waals surface area contributed by atoms with Crippen molar-refractivity contribution in [3.05, 3.63) is 29.5 Å². The van der Waals surface area contributed by atoms with Crippen LogP contribution < -0.4 is 14.8 Å². The van der Waals surface area contributed by atoms with E-state index in [0.29, 0.717) is 25.1 Å². The lowest BCUT2D eigenvalue weighted by molar-refractivity contribution is -0.118. The Morgan fingerprint density at radius 3 is 2.82 bits per heavy atom. The fourth-order valence-corrected chi connectivity index (χ4v) is 3.86. The van der Waals surface area contributed by atoms with Crippen LogP contribution >= 0.6 is 0 Å². The molecule has 0 spiro atoms. The average Bonchev–Trinajstić information content (AvgIpc) is 3.47. The first-order valence-electron chi connectivity index (χ1n) is 11.1. The molecule has 1 aromatic carbocycles. The van der Waals surface area contributed by atoms with E-state index < -0.39 is 12.5 Å². The van der Waals surface area contributed by atoms with Gasteiger partial charge in [0.1, 0.15) is 23.4 Å². The Morgan fingerprint density at radius 1 is 1.32 bits per heavy atom. The van der Waals surface area contributed by atoms with E-state index in [0.717, 1.165) is 25.0 Å². The molecule has 1 saturated carbocycles. The number of phenols is 1. The number of ether oxygens (including phenoxy) is 3. The molecule has 0 unspecified atom stereocenters. The number of aromatic hydroxyl groups is 1. The zero-order valence-electron chi connectivity index (χ0n) is 19.5. The summed E-state index contributed by atoms with van der Waals surface area (Å²) in [6.07, 6.45) is 3.12. The van der Waals surface area contributed by atoms with Gasteiger partial charge in [-0.05, 0) is 25.7 Å². The summed E-state index contributed by atoms with van der Waals surface area (Å²) in [4.78, 5) is 37.2. The van der Waals surface area contributed by atoms with Gasteiger partial charge in [-0.15, -0.1) is 0 Å². The Labute approximate surface area is 197 Å². The van der Waals surface area contributed by atoms with E-state index in [2.05, 4.69) is 15.5 Å². The van der Waals surface area contributed by atoms with Gasteiger partial charge in [0.2, 0.25) is 0 Å². The van der Waals surface area contributed by atoms with Gasteiger partial charge in [-0.25, -0.2) is 4.79 Å². The van der Waals surface area contributed by atoms with Gasteiger partial charge >= 0.3 is 6.09 Å². The first-order valence-corrected chi connectivity index (χ1v) is 11.1. The maximum Gasteiger partial charge on any atom is 0.409 e. The maximum absolute atomic E-state index is 12.3. The van der Waals surface area contributed by atoms with Crippen LogP contribution in [0, 0.1) is 0 Å². The van der Waals surface area contributed by atoms with Crippen molar-refractivity contribution in [3.8, 4) is 17.2 Å². The molecule has 1 aliphatic rings. The van der Waals surface area contributed by atoms with Crippen LogP contribution in [-0.4, -0.2) is 71.9 Å². The number of carbonyl (C=O) groups is 3. The highest BCUT2D eigenvalue weighted by molar-refractivity contribution is 5.91. The van der Waals surface area contributed by atoms with Crippen LogP contribution in [0.1, 0.15) is 54.6 Å². The highest BCUT2D eigenvalue weighted by Gasteiger charge is 2.30. The second-order valence-electron chi connectivity index (χ2n) is 8.16. The van der Waals surface area contributed by atoms with Crippen LogP contribution in [0.5, 0.6) is 17.2 Å². The number of anilines is 1. The van der Waals surface area contributed by atoms with Crippen LogP contribution in [0.2, 0.25) is 0 Å². The largest absolute Gasteiger partial charge is 0.507 e. The number of hydrogen-bond donors (Lipinski definition) is 3.